The zero-order valence-corrected chi connectivity index (χ0v) is 9.24. The highest BCUT2D eigenvalue weighted by molar-refractivity contribution is 7.89. The third kappa shape index (κ3) is 3.00. The van der Waals surface area contributed by atoms with E-state index in [0.29, 0.717) is 11.6 Å². The lowest BCUT2D eigenvalue weighted by molar-refractivity contribution is 0.460. The number of nitriles is 1. The van der Waals surface area contributed by atoms with Gasteiger partial charge >= 0.3 is 0 Å². The van der Waals surface area contributed by atoms with E-state index in [1.165, 1.54) is 7.05 Å². The van der Waals surface area contributed by atoms with Crippen molar-refractivity contribution in [2.45, 2.75) is 13.5 Å². The zero-order chi connectivity index (χ0) is 11.5. The fourth-order valence-corrected chi connectivity index (χ4v) is 1.64. The molecule has 0 aliphatic heterocycles. The summed E-state index contributed by atoms with van der Waals surface area (Å²) in [4.78, 5) is 3.97. The number of aryl methyl sites for hydroxylation is 1. The Bertz CT molecular complexity index is 472. The molecule has 0 aromatic carbocycles. The van der Waals surface area contributed by atoms with E-state index in [4.69, 9.17) is 5.26 Å². The molecule has 1 aromatic rings. The molecule has 1 N–H and O–H groups in total. The first kappa shape index (κ1) is 11.6. The molecule has 7 nitrogen and oxygen atoms in total. The molecule has 0 unspecified atom stereocenters. The summed E-state index contributed by atoms with van der Waals surface area (Å²) in [7, 11) is -2.13. The van der Waals surface area contributed by atoms with Crippen molar-refractivity contribution in [3.05, 3.63) is 11.6 Å². The van der Waals surface area contributed by atoms with Gasteiger partial charge in [-0.1, -0.05) is 0 Å². The van der Waals surface area contributed by atoms with Crippen LogP contribution in [0.25, 0.3) is 0 Å². The number of aromatic nitrogens is 3. The minimum atomic E-state index is -3.52. The van der Waals surface area contributed by atoms with Crippen LogP contribution in [0.3, 0.4) is 0 Å². The Morgan fingerprint density at radius 1 is 1.60 bits per heavy atom. The van der Waals surface area contributed by atoms with Gasteiger partial charge in [0.15, 0.2) is 11.6 Å². The van der Waals surface area contributed by atoms with Crippen molar-refractivity contribution in [2.75, 3.05) is 12.8 Å². The van der Waals surface area contributed by atoms with Gasteiger partial charge in [-0.15, -0.1) is 0 Å². The van der Waals surface area contributed by atoms with Crippen molar-refractivity contribution >= 4 is 10.0 Å². The lowest BCUT2D eigenvalue weighted by atomic mass is 10.6. The number of nitrogens with zero attached hydrogens (tertiary/aromatic N) is 4. The van der Waals surface area contributed by atoms with E-state index in [9.17, 15) is 8.42 Å². The molecule has 0 fully saturated rings. The van der Waals surface area contributed by atoms with E-state index in [1.54, 1.807) is 13.0 Å². The molecule has 0 saturated heterocycles. The van der Waals surface area contributed by atoms with Crippen LogP contribution < -0.4 is 0 Å². The van der Waals surface area contributed by atoms with Crippen molar-refractivity contribution in [1.29, 1.82) is 5.26 Å². The van der Waals surface area contributed by atoms with Gasteiger partial charge in [0.05, 0.1) is 12.6 Å². The predicted molar refractivity (Wildman–Crippen MR) is 52.0 cm³/mol. The Morgan fingerprint density at radius 2 is 2.27 bits per heavy atom. The van der Waals surface area contributed by atoms with E-state index >= 15 is 0 Å². The molecule has 0 aliphatic carbocycles. The normalized spacial score (nSPS) is 11.6. The first-order valence-corrected chi connectivity index (χ1v) is 5.75. The van der Waals surface area contributed by atoms with Crippen LogP contribution >= 0.6 is 0 Å². The summed E-state index contributed by atoms with van der Waals surface area (Å²) >= 11 is 0. The molecule has 0 amide bonds. The minimum Gasteiger partial charge on any atom is -0.263 e. The van der Waals surface area contributed by atoms with Crippen LogP contribution in [0.4, 0.5) is 0 Å². The molecule has 0 bridgehead atoms. The lowest BCUT2D eigenvalue weighted by Gasteiger charge is -2.12. The number of sulfonamides is 1. The molecule has 1 aromatic heterocycles. The molecule has 0 radical (unpaired) electrons. The zero-order valence-electron chi connectivity index (χ0n) is 8.43. The highest BCUT2D eigenvalue weighted by Crippen LogP contribution is 2.03. The maximum atomic E-state index is 11.4. The number of rotatable bonds is 4. The second-order valence-corrected chi connectivity index (χ2v) is 5.08. The monoisotopic (exact) mass is 229 g/mol. The lowest BCUT2D eigenvalue weighted by Crippen LogP contribution is -2.28. The number of nitrogens with one attached hydrogen (secondary N) is 1. The number of H-pyrrole nitrogens is 1. The average molecular weight is 229 g/mol. The summed E-state index contributed by atoms with van der Waals surface area (Å²) in [5, 5.41) is 14.7. The SMILES string of the molecule is Cc1nc(CN(C)S(=O)(=O)CC#N)n[nH]1. The van der Waals surface area contributed by atoms with E-state index < -0.39 is 15.8 Å². The average Bonchev–Trinajstić information content (AvgIpc) is 2.51. The van der Waals surface area contributed by atoms with Gasteiger partial charge in [0.2, 0.25) is 10.0 Å². The number of aromatic amines is 1. The Morgan fingerprint density at radius 3 is 2.73 bits per heavy atom. The van der Waals surface area contributed by atoms with Gasteiger partial charge in [-0.3, -0.25) is 5.10 Å². The highest BCUT2D eigenvalue weighted by atomic mass is 32.2. The van der Waals surface area contributed by atoms with Crippen molar-refractivity contribution in [3.8, 4) is 6.07 Å². The molecule has 0 atom stereocenters. The summed E-state index contributed by atoms with van der Waals surface area (Å²) < 4.78 is 23.8. The van der Waals surface area contributed by atoms with Gasteiger partial charge in [0, 0.05) is 7.05 Å². The second kappa shape index (κ2) is 4.37. The van der Waals surface area contributed by atoms with Gasteiger partial charge in [-0.05, 0) is 6.92 Å². The molecule has 8 heteroatoms. The Balaban J connectivity index is 2.72. The molecular weight excluding hydrogens is 218 g/mol. The largest absolute Gasteiger partial charge is 0.263 e. The second-order valence-electron chi connectivity index (χ2n) is 3.01. The third-order valence-corrected chi connectivity index (χ3v) is 3.30. The summed E-state index contributed by atoms with van der Waals surface area (Å²) in [5.74, 6) is 0.472. The van der Waals surface area contributed by atoms with Gasteiger partial charge < -0.3 is 0 Å². The molecule has 1 heterocycles. The van der Waals surface area contributed by atoms with Crippen LogP contribution in [0.1, 0.15) is 11.6 Å². The van der Waals surface area contributed by atoms with E-state index in [0.717, 1.165) is 4.31 Å². The fourth-order valence-electron chi connectivity index (χ4n) is 0.949. The van der Waals surface area contributed by atoms with Gasteiger partial charge in [-0.25, -0.2) is 13.4 Å². The van der Waals surface area contributed by atoms with Gasteiger partial charge in [0.25, 0.3) is 0 Å². The smallest absolute Gasteiger partial charge is 0.227 e. The van der Waals surface area contributed by atoms with Crippen LogP contribution in [0, 0.1) is 18.3 Å². The summed E-state index contributed by atoms with van der Waals surface area (Å²) in [6.07, 6.45) is 0. The van der Waals surface area contributed by atoms with Crippen LogP contribution in [-0.4, -0.2) is 40.7 Å². The van der Waals surface area contributed by atoms with Crippen LogP contribution in [0.5, 0.6) is 0 Å². The molecule has 15 heavy (non-hydrogen) atoms. The molecule has 1 rings (SSSR count). The fraction of sp³-hybridized carbons (Fsp3) is 0.571. The van der Waals surface area contributed by atoms with E-state index in [1.807, 2.05) is 0 Å². The summed E-state index contributed by atoms with van der Waals surface area (Å²) in [6, 6.07) is 1.60. The standard InChI is InChI=1S/C7H11N5O2S/c1-6-9-7(11-10-6)5-12(2)15(13,14)4-3-8/h4-5H2,1-2H3,(H,9,10,11). The summed E-state index contributed by atoms with van der Waals surface area (Å²) in [5.41, 5.74) is 0. The van der Waals surface area contributed by atoms with Crippen LogP contribution in [0.15, 0.2) is 0 Å². The minimum absolute atomic E-state index is 0.0638. The number of hydrogen-bond acceptors (Lipinski definition) is 5. The quantitative estimate of drug-likeness (QED) is 0.742. The molecule has 0 saturated carbocycles. The van der Waals surface area contributed by atoms with Crippen LogP contribution in [-0.2, 0) is 16.6 Å². The van der Waals surface area contributed by atoms with Crippen LogP contribution in [0.2, 0.25) is 0 Å². The maximum Gasteiger partial charge on any atom is 0.227 e. The molecule has 0 aliphatic rings. The first-order valence-electron chi connectivity index (χ1n) is 4.14. The van der Waals surface area contributed by atoms with Crippen molar-refractivity contribution < 1.29 is 8.42 Å². The van der Waals surface area contributed by atoms with E-state index in [-0.39, 0.29) is 6.54 Å². The summed E-state index contributed by atoms with van der Waals surface area (Å²) in [6.45, 7) is 1.79. The first-order chi connectivity index (χ1) is 6.95. The Labute approximate surface area is 87.8 Å². The maximum absolute atomic E-state index is 11.4. The topological polar surface area (TPSA) is 103 Å². The Hall–Kier alpha value is -1.46. The van der Waals surface area contributed by atoms with Crippen molar-refractivity contribution in [2.24, 2.45) is 0 Å². The predicted octanol–water partition coefficient (Wildman–Crippen LogP) is -0.602. The van der Waals surface area contributed by atoms with Gasteiger partial charge in [-0.2, -0.15) is 14.7 Å². The molecule has 0 spiro atoms. The highest BCUT2D eigenvalue weighted by Gasteiger charge is 2.18. The third-order valence-electron chi connectivity index (χ3n) is 1.73. The van der Waals surface area contributed by atoms with E-state index in [2.05, 4.69) is 15.2 Å². The van der Waals surface area contributed by atoms with Crippen molar-refractivity contribution in [1.82, 2.24) is 19.5 Å². The number of hydrogen-bond donors (Lipinski definition) is 1. The molecular formula is C7H11N5O2S. The van der Waals surface area contributed by atoms with Gasteiger partial charge in [0.1, 0.15) is 5.82 Å². The molecule has 82 valence electrons. The van der Waals surface area contributed by atoms with Crippen molar-refractivity contribution in [3.63, 3.8) is 0 Å². The Kier molecular flexibility index (Phi) is 3.39.